The van der Waals surface area contributed by atoms with Crippen LogP contribution in [0, 0.1) is 0 Å². The fraction of sp³-hybridized carbons (Fsp3) is 0.400. The molecule has 0 amide bonds. The first-order valence-corrected chi connectivity index (χ1v) is 6.40. The lowest BCUT2D eigenvalue weighted by molar-refractivity contribution is 0.566. The third kappa shape index (κ3) is 3.27. The second-order valence-corrected chi connectivity index (χ2v) is 4.56. The molecule has 2 nitrogen and oxygen atoms in total. The van der Waals surface area contributed by atoms with E-state index in [1.807, 2.05) is 12.1 Å². The number of fused-ring (bicyclic) bond motifs is 1. The molecule has 1 unspecified atom stereocenters. The van der Waals surface area contributed by atoms with Crippen molar-refractivity contribution in [1.29, 1.82) is 0 Å². The Labute approximate surface area is 103 Å². The van der Waals surface area contributed by atoms with Crippen LogP contribution in [0.4, 0.5) is 0 Å². The van der Waals surface area contributed by atoms with Crippen LogP contribution in [-0.2, 0) is 6.42 Å². The van der Waals surface area contributed by atoms with Gasteiger partial charge in [0.2, 0.25) is 0 Å². The number of benzene rings is 1. The van der Waals surface area contributed by atoms with E-state index in [1.165, 1.54) is 11.1 Å². The number of nitrogens with zero attached hydrogens (tertiary/aromatic N) is 1. The summed E-state index contributed by atoms with van der Waals surface area (Å²) < 4.78 is 0. The first-order valence-electron chi connectivity index (χ1n) is 6.40. The van der Waals surface area contributed by atoms with Gasteiger partial charge in [-0.25, -0.2) is 0 Å². The standard InChI is InChI=1S/C15H20N2/c1-2-13(16)7-5-8-14-11-10-12-6-3-4-9-15(12)17-14/h3-4,6,9-11,13H,2,5,7-8,16H2,1H3. The lowest BCUT2D eigenvalue weighted by Crippen LogP contribution is -2.18. The van der Waals surface area contributed by atoms with Crippen LogP contribution >= 0.6 is 0 Å². The Hall–Kier alpha value is -1.41. The Balaban J connectivity index is 1.99. The topological polar surface area (TPSA) is 38.9 Å². The summed E-state index contributed by atoms with van der Waals surface area (Å²) in [4.78, 5) is 4.66. The normalized spacial score (nSPS) is 12.8. The molecule has 1 aromatic heterocycles. The maximum atomic E-state index is 5.91. The van der Waals surface area contributed by atoms with Gasteiger partial charge in [-0.2, -0.15) is 0 Å². The van der Waals surface area contributed by atoms with Gasteiger partial charge in [0.05, 0.1) is 5.52 Å². The smallest absolute Gasteiger partial charge is 0.0705 e. The van der Waals surface area contributed by atoms with Gasteiger partial charge in [-0.1, -0.05) is 31.2 Å². The Morgan fingerprint density at radius 1 is 1.18 bits per heavy atom. The van der Waals surface area contributed by atoms with Crippen LogP contribution in [0.3, 0.4) is 0 Å². The summed E-state index contributed by atoms with van der Waals surface area (Å²) in [6, 6.07) is 12.9. The first kappa shape index (κ1) is 12.1. The summed E-state index contributed by atoms with van der Waals surface area (Å²) in [6.07, 6.45) is 4.30. The molecular formula is C15H20N2. The number of rotatable bonds is 5. The SMILES string of the molecule is CCC(N)CCCc1ccc2ccccc2n1. The molecule has 0 fully saturated rings. The molecule has 0 aliphatic rings. The Morgan fingerprint density at radius 3 is 2.82 bits per heavy atom. The number of aryl methyl sites for hydroxylation is 1. The first-order chi connectivity index (χ1) is 8.29. The maximum absolute atomic E-state index is 5.91. The molecule has 2 heteroatoms. The predicted molar refractivity (Wildman–Crippen MR) is 72.9 cm³/mol. The van der Waals surface area contributed by atoms with Gasteiger partial charge in [0.15, 0.2) is 0 Å². The van der Waals surface area contributed by atoms with E-state index in [2.05, 4.69) is 36.2 Å². The number of nitrogens with two attached hydrogens (primary N) is 1. The summed E-state index contributed by atoms with van der Waals surface area (Å²) in [6.45, 7) is 2.14. The number of pyridine rings is 1. The lowest BCUT2D eigenvalue weighted by atomic mass is 10.1. The summed E-state index contributed by atoms with van der Waals surface area (Å²) >= 11 is 0. The van der Waals surface area contributed by atoms with Crippen LogP contribution in [0.2, 0.25) is 0 Å². The summed E-state index contributed by atoms with van der Waals surface area (Å²) in [5, 5.41) is 1.21. The van der Waals surface area contributed by atoms with Crippen LogP contribution < -0.4 is 5.73 Å². The quantitative estimate of drug-likeness (QED) is 0.852. The molecule has 90 valence electrons. The summed E-state index contributed by atoms with van der Waals surface area (Å²) in [7, 11) is 0. The van der Waals surface area contributed by atoms with Crippen molar-refractivity contribution < 1.29 is 0 Å². The second-order valence-electron chi connectivity index (χ2n) is 4.56. The largest absolute Gasteiger partial charge is 0.328 e. The van der Waals surface area contributed by atoms with E-state index < -0.39 is 0 Å². The van der Waals surface area contributed by atoms with Gasteiger partial charge < -0.3 is 5.73 Å². The minimum Gasteiger partial charge on any atom is -0.328 e. The van der Waals surface area contributed by atoms with Crippen LogP contribution in [0.15, 0.2) is 36.4 Å². The van der Waals surface area contributed by atoms with E-state index in [4.69, 9.17) is 5.73 Å². The minimum absolute atomic E-state index is 0.343. The van der Waals surface area contributed by atoms with E-state index in [1.54, 1.807) is 0 Å². The molecule has 0 bridgehead atoms. The van der Waals surface area contributed by atoms with Gasteiger partial charge in [-0.3, -0.25) is 4.98 Å². The van der Waals surface area contributed by atoms with Crippen molar-refractivity contribution in [1.82, 2.24) is 4.98 Å². The lowest BCUT2D eigenvalue weighted by Gasteiger charge is -2.08. The van der Waals surface area contributed by atoms with Crippen molar-refractivity contribution in [2.45, 2.75) is 38.6 Å². The molecule has 0 spiro atoms. The van der Waals surface area contributed by atoms with Crippen LogP contribution in [0.5, 0.6) is 0 Å². The number of aromatic nitrogens is 1. The molecule has 1 heterocycles. The maximum Gasteiger partial charge on any atom is 0.0705 e. The third-order valence-corrected chi connectivity index (χ3v) is 3.19. The van der Waals surface area contributed by atoms with Crippen LogP contribution in [0.25, 0.3) is 10.9 Å². The highest BCUT2D eigenvalue weighted by molar-refractivity contribution is 5.78. The molecule has 0 aliphatic carbocycles. The monoisotopic (exact) mass is 228 g/mol. The van der Waals surface area contributed by atoms with E-state index >= 15 is 0 Å². The summed E-state index contributed by atoms with van der Waals surface area (Å²) in [5.74, 6) is 0. The van der Waals surface area contributed by atoms with Gasteiger partial charge >= 0.3 is 0 Å². The molecule has 2 N–H and O–H groups in total. The molecule has 2 rings (SSSR count). The summed E-state index contributed by atoms with van der Waals surface area (Å²) in [5.41, 5.74) is 8.17. The van der Waals surface area contributed by atoms with Crippen molar-refractivity contribution in [2.24, 2.45) is 5.73 Å². The zero-order valence-corrected chi connectivity index (χ0v) is 10.4. The van der Waals surface area contributed by atoms with Crippen molar-refractivity contribution in [3.63, 3.8) is 0 Å². The van der Waals surface area contributed by atoms with E-state index in [0.717, 1.165) is 31.2 Å². The highest BCUT2D eigenvalue weighted by Gasteiger charge is 2.01. The Bertz CT molecular complexity index is 479. The molecule has 0 aliphatic heterocycles. The Morgan fingerprint density at radius 2 is 2.00 bits per heavy atom. The van der Waals surface area contributed by atoms with Crippen LogP contribution in [-0.4, -0.2) is 11.0 Å². The fourth-order valence-corrected chi connectivity index (χ4v) is 2.00. The third-order valence-electron chi connectivity index (χ3n) is 3.19. The molecular weight excluding hydrogens is 208 g/mol. The molecule has 1 aromatic carbocycles. The molecule has 17 heavy (non-hydrogen) atoms. The number of hydrogen-bond acceptors (Lipinski definition) is 2. The van der Waals surface area contributed by atoms with E-state index in [-0.39, 0.29) is 0 Å². The van der Waals surface area contributed by atoms with Gasteiger partial charge in [-0.15, -0.1) is 0 Å². The second kappa shape index (κ2) is 5.78. The van der Waals surface area contributed by atoms with Gasteiger partial charge in [0.1, 0.15) is 0 Å². The van der Waals surface area contributed by atoms with Crippen molar-refractivity contribution in [2.75, 3.05) is 0 Å². The van der Waals surface area contributed by atoms with E-state index in [9.17, 15) is 0 Å². The molecule has 0 saturated carbocycles. The average molecular weight is 228 g/mol. The zero-order chi connectivity index (χ0) is 12.1. The zero-order valence-electron chi connectivity index (χ0n) is 10.4. The van der Waals surface area contributed by atoms with Crippen LogP contribution in [0.1, 0.15) is 31.9 Å². The van der Waals surface area contributed by atoms with Crippen molar-refractivity contribution in [3.05, 3.63) is 42.1 Å². The van der Waals surface area contributed by atoms with Gasteiger partial charge in [-0.05, 0) is 37.8 Å². The predicted octanol–water partition coefficient (Wildman–Crippen LogP) is 3.29. The number of para-hydroxylation sites is 1. The minimum atomic E-state index is 0.343. The Kier molecular flexibility index (Phi) is 4.10. The van der Waals surface area contributed by atoms with Crippen molar-refractivity contribution >= 4 is 10.9 Å². The van der Waals surface area contributed by atoms with E-state index in [0.29, 0.717) is 6.04 Å². The van der Waals surface area contributed by atoms with Crippen molar-refractivity contribution in [3.8, 4) is 0 Å². The van der Waals surface area contributed by atoms with Gasteiger partial charge in [0.25, 0.3) is 0 Å². The molecule has 2 aromatic rings. The molecule has 0 radical (unpaired) electrons. The molecule has 1 atom stereocenters. The fourth-order valence-electron chi connectivity index (χ4n) is 2.00. The van der Waals surface area contributed by atoms with Gasteiger partial charge in [0, 0.05) is 17.1 Å². The number of hydrogen-bond donors (Lipinski definition) is 1. The molecule has 0 saturated heterocycles. The highest BCUT2D eigenvalue weighted by Crippen LogP contribution is 2.13. The highest BCUT2D eigenvalue weighted by atomic mass is 14.7. The average Bonchev–Trinajstić information content (AvgIpc) is 2.38.